The zero-order valence-corrected chi connectivity index (χ0v) is 10.9. The number of hydrogen-bond donors (Lipinski definition) is 2. The minimum absolute atomic E-state index is 0.0751. The minimum Gasteiger partial charge on any atom is -0.319 e. The first-order valence-corrected chi connectivity index (χ1v) is 6.19. The lowest BCUT2D eigenvalue weighted by Gasteiger charge is -2.10. The lowest BCUT2D eigenvalue weighted by Crippen LogP contribution is -2.20. The number of aromatic nitrogens is 1. The molecule has 0 radical (unpaired) electrons. The fraction of sp³-hybridized carbons (Fsp3) is 0.357. The van der Waals surface area contributed by atoms with Gasteiger partial charge >= 0.3 is 0 Å². The highest BCUT2D eigenvalue weighted by Gasteiger charge is 2.11. The number of nitrogens with one attached hydrogen (secondary N) is 2. The summed E-state index contributed by atoms with van der Waals surface area (Å²) in [6, 6.07) is 3.96. The molecule has 19 heavy (non-hydrogen) atoms. The van der Waals surface area contributed by atoms with Crippen LogP contribution in [0.4, 0.5) is 8.78 Å². The molecule has 0 saturated carbocycles. The van der Waals surface area contributed by atoms with Gasteiger partial charge in [0.05, 0.1) is 5.52 Å². The third-order valence-corrected chi connectivity index (χ3v) is 2.86. The smallest absolute Gasteiger partial charge is 0.248 e. The Morgan fingerprint density at radius 2 is 2.05 bits per heavy atom. The van der Waals surface area contributed by atoms with Crippen LogP contribution >= 0.6 is 0 Å². The molecule has 0 atom stereocenters. The Balaban J connectivity index is 2.43. The van der Waals surface area contributed by atoms with E-state index in [0.29, 0.717) is 23.4 Å². The average molecular weight is 266 g/mol. The van der Waals surface area contributed by atoms with Gasteiger partial charge in [-0.1, -0.05) is 13.8 Å². The van der Waals surface area contributed by atoms with E-state index >= 15 is 0 Å². The van der Waals surface area contributed by atoms with E-state index < -0.39 is 17.2 Å². The quantitative estimate of drug-likeness (QED) is 0.893. The molecule has 1 aromatic heterocycles. The third-order valence-electron chi connectivity index (χ3n) is 2.86. The predicted molar refractivity (Wildman–Crippen MR) is 71.0 cm³/mol. The van der Waals surface area contributed by atoms with E-state index in [4.69, 9.17) is 0 Å². The van der Waals surface area contributed by atoms with Gasteiger partial charge in [0.2, 0.25) is 5.56 Å². The molecule has 3 nitrogen and oxygen atoms in total. The van der Waals surface area contributed by atoms with E-state index in [2.05, 4.69) is 24.1 Å². The monoisotopic (exact) mass is 266 g/mol. The van der Waals surface area contributed by atoms with E-state index in [-0.39, 0.29) is 5.52 Å². The van der Waals surface area contributed by atoms with Gasteiger partial charge in [-0.2, -0.15) is 0 Å². The van der Waals surface area contributed by atoms with Crippen molar-refractivity contribution < 1.29 is 8.78 Å². The normalized spacial score (nSPS) is 11.4. The van der Waals surface area contributed by atoms with Gasteiger partial charge < -0.3 is 10.3 Å². The largest absolute Gasteiger partial charge is 0.319 e. The molecule has 0 saturated heterocycles. The first-order valence-electron chi connectivity index (χ1n) is 6.19. The molecule has 5 heteroatoms. The molecular weight excluding hydrogens is 250 g/mol. The van der Waals surface area contributed by atoms with Gasteiger partial charge in [-0.05, 0) is 30.2 Å². The number of pyridine rings is 1. The second-order valence-corrected chi connectivity index (χ2v) is 4.97. The van der Waals surface area contributed by atoms with Crippen LogP contribution in [0.5, 0.6) is 0 Å². The first-order chi connectivity index (χ1) is 8.99. The SMILES string of the molecule is CC(C)CNCc1cc(=O)[nH]c2c(F)c(F)ccc12. The highest BCUT2D eigenvalue weighted by Crippen LogP contribution is 2.20. The Morgan fingerprint density at radius 1 is 1.32 bits per heavy atom. The second-order valence-electron chi connectivity index (χ2n) is 4.97. The van der Waals surface area contributed by atoms with Crippen molar-refractivity contribution in [3.05, 3.63) is 45.8 Å². The maximum atomic E-state index is 13.6. The van der Waals surface area contributed by atoms with Gasteiger partial charge in [0.15, 0.2) is 11.6 Å². The molecule has 0 aliphatic rings. The molecule has 2 N–H and O–H groups in total. The first kappa shape index (κ1) is 13.7. The maximum Gasteiger partial charge on any atom is 0.248 e. The van der Waals surface area contributed by atoms with Crippen molar-refractivity contribution in [2.75, 3.05) is 6.54 Å². The van der Waals surface area contributed by atoms with Crippen LogP contribution in [0.1, 0.15) is 19.4 Å². The molecule has 0 spiro atoms. The summed E-state index contributed by atoms with van der Waals surface area (Å²) in [5, 5.41) is 3.71. The van der Waals surface area contributed by atoms with Crippen molar-refractivity contribution in [2.24, 2.45) is 5.92 Å². The van der Waals surface area contributed by atoms with Crippen molar-refractivity contribution in [2.45, 2.75) is 20.4 Å². The Hall–Kier alpha value is -1.75. The molecule has 2 rings (SSSR count). The van der Waals surface area contributed by atoms with Crippen LogP contribution in [0.25, 0.3) is 10.9 Å². The van der Waals surface area contributed by atoms with Crippen molar-refractivity contribution in [1.82, 2.24) is 10.3 Å². The Labute approximate surface area is 109 Å². The van der Waals surface area contributed by atoms with Gasteiger partial charge in [-0.3, -0.25) is 4.79 Å². The summed E-state index contributed by atoms with van der Waals surface area (Å²) in [5.74, 6) is -1.50. The van der Waals surface area contributed by atoms with Gasteiger partial charge in [0, 0.05) is 18.0 Å². The fourth-order valence-electron chi connectivity index (χ4n) is 1.98. The van der Waals surface area contributed by atoms with Crippen molar-refractivity contribution in [3.8, 4) is 0 Å². The maximum absolute atomic E-state index is 13.6. The molecule has 0 unspecified atom stereocenters. The van der Waals surface area contributed by atoms with Gasteiger partial charge in [0.1, 0.15) is 0 Å². The zero-order valence-electron chi connectivity index (χ0n) is 10.9. The van der Waals surface area contributed by atoms with Crippen LogP contribution in [-0.2, 0) is 6.54 Å². The van der Waals surface area contributed by atoms with E-state index in [1.54, 1.807) is 0 Å². The number of benzene rings is 1. The summed E-state index contributed by atoms with van der Waals surface area (Å²) < 4.78 is 26.8. The molecule has 0 fully saturated rings. The number of H-pyrrole nitrogens is 1. The number of aromatic amines is 1. The topological polar surface area (TPSA) is 44.9 Å². The second kappa shape index (κ2) is 5.48. The Bertz CT molecular complexity index is 650. The Morgan fingerprint density at radius 3 is 2.74 bits per heavy atom. The Kier molecular flexibility index (Phi) is 3.95. The predicted octanol–water partition coefficient (Wildman–Crippen LogP) is 2.55. The molecule has 102 valence electrons. The van der Waals surface area contributed by atoms with Crippen LogP contribution in [-0.4, -0.2) is 11.5 Å². The summed E-state index contributed by atoms with van der Waals surface area (Å²) in [7, 11) is 0. The number of hydrogen-bond acceptors (Lipinski definition) is 2. The van der Waals surface area contributed by atoms with Crippen molar-refractivity contribution in [1.29, 1.82) is 0 Å². The van der Waals surface area contributed by atoms with Crippen LogP contribution in [0.15, 0.2) is 23.0 Å². The molecule has 0 aliphatic heterocycles. The fourth-order valence-corrected chi connectivity index (χ4v) is 1.98. The number of halogens is 2. The van der Waals surface area contributed by atoms with Gasteiger partial charge in [-0.15, -0.1) is 0 Å². The zero-order chi connectivity index (χ0) is 14.0. The number of rotatable bonds is 4. The highest BCUT2D eigenvalue weighted by molar-refractivity contribution is 5.82. The summed E-state index contributed by atoms with van der Waals surface area (Å²) in [4.78, 5) is 13.8. The summed E-state index contributed by atoms with van der Waals surface area (Å²) >= 11 is 0. The summed E-state index contributed by atoms with van der Waals surface area (Å²) in [6.45, 7) is 5.37. The standard InChI is InChI=1S/C14H16F2N2O/c1-8(2)6-17-7-9-5-12(19)18-14-10(9)3-4-11(15)13(14)16/h3-5,8,17H,6-7H2,1-2H3,(H,18,19). The van der Waals surface area contributed by atoms with Crippen LogP contribution in [0.3, 0.4) is 0 Å². The van der Waals surface area contributed by atoms with Gasteiger partial charge in [-0.25, -0.2) is 8.78 Å². The lowest BCUT2D eigenvalue weighted by molar-refractivity contribution is 0.515. The lowest BCUT2D eigenvalue weighted by atomic mass is 10.1. The van der Waals surface area contributed by atoms with Crippen molar-refractivity contribution in [3.63, 3.8) is 0 Å². The summed E-state index contributed by atoms with van der Waals surface area (Å²) in [6.07, 6.45) is 0. The van der Waals surface area contributed by atoms with E-state index in [0.717, 1.165) is 12.6 Å². The molecular formula is C14H16F2N2O. The number of fused-ring (bicyclic) bond motifs is 1. The van der Waals surface area contributed by atoms with E-state index in [1.165, 1.54) is 12.1 Å². The molecule has 1 aromatic carbocycles. The van der Waals surface area contributed by atoms with E-state index in [9.17, 15) is 13.6 Å². The van der Waals surface area contributed by atoms with Gasteiger partial charge in [0.25, 0.3) is 0 Å². The molecule has 0 amide bonds. The van der Waals surface area contributed by atoms with E-state index in [1.807, 2.05) is 0 Å². The average Bonchev–Trinajstić information content (AvgIpc) is 2.34. The van der Waals surface area contributed by atoms with Crippen LogP contribution < -0.4 is 10.9 Å². The molecule has 2 aromatic rings. The minimum atomic E-state index is -1.01. The van der Waals surface area contributed by atoms with Crippen LogP contribution in [0.2, 0.25) is 0 Å². The van der Waals surface area contributed by atoms with Crippen LogP contribution in [0, 0.1) is 17.6 Å². The third kappa shape index (κ3) is 2.98. The highest BCUT2D eigenvalue weighted by atomic mass is 19.2. The molecule has 0 aliphatic carbocycles. The van der Waals surface area contributed by atoms with Crippen molar-refractivity contribution >= 4 is 10.9 Å². The molecule has 1 heterocycles. The molecule has 0 bridgehead atoms. The summed E-state index contributed by atoms with van der Waals surface area (Å²) in [5.41, 5.74) is 0.158.